The number of fused-ring (bicyclic) bond motifs is 1. The van der Waals surface area contributed by atoms with E-state index in [0.717, 1.165) is 5.56 Å². The van der Waals surface area contributed by atoms with E-state index in [2.05, 4.69) is 41.2 Å². The average molecular weight is 369 g/mol. The number of halogens is 3. The molecule has 1 aromatic rings. The molecule has 1 unspecified atom stereocenters. The maximum Gasteiger partial charge on any atom is 0.408 e. The molecule has 1 N–H and O–H groups in total. The second-order valence-electron chi connectivity index (χ2n) is 7.21. The van der Waals surface area contributed by atoms with Gasteiger partial charge in [-0.3, -0.25) is 4.79 Å². The first kappa shape index (κ1) is 19.4. The molecule has 0 aromatic heterocycles. The van der Waals surface area contributed by atoms with E-state index in [9.17, 15) is 18.0 Å². The number of anilines is 1. The molecule has 0 spiro atoms. The number of hydrogen-bond acceptors (Lipinski definition) is 3. The summed E-state index contributed by atoms with van der Waals surface area (Å²) in [4.78, 5) is 11.5. The smallest absolute Gasteiger partial charge is 0.408 e. The number of carbonyl (C=O) groups excluding carboxylic acids is 1. The van der Waals surface area contributed by atoms with Crippen molar-refractivity contribution in [2.24, 2.45) is 0 Å². The van der Waals surface area contributed by atoms with E-state index in [0.29, 0.717) is 23.2 Å². The summed E-state index contributed by atoms with van der Waals surface area (Å²) < 4.78 is 43.9. The van der Waals surface area contributed by atoms with Gasteiger partial charge in [-0.15, -0.1) is 5.54 Å². The highest BCUT2D eigenvalue weighted by Gasteiger charge is 2.41. The molecule has 0 saturated carbocycles. The molecule has 136 valence electrons. The fourth-order valence-corrected chi connectivity index (χ4v) is 3.13. The van der Waals surface area contributed by atoms with Gasteiger partial charge in [-0.25, -0.2) is 0 Å². The summed E-state index contributed by atoms with van der Waals surface area (Å²) in [6, 6.07) is 1.89. The molecule has 0 radical (unpaired) electrons. The van der Waals surface area contributed by atoms with Crippen molar-refractivity contribution in [2.75, 3.05) is 12.4 Å². The number of rotatable bonds is 2. The molecule has 0 amide bonds. The predicted octanol–water partition coefficient (Wildman–Crippen LogP) is 3.92. The number of nitrogens with one attached hydrogen (secondary N) is 1. The Balaban J connectivity index is 2.47. The van der Waals surface area contributed by atoms with Gasteiger partial charge in [0.2, 0.25) is 0 Å². The molecule has 25 heavy (non-hydrogen) atoms. The van der Waals surface area contributed by atoms with Gasteiger partial charge in [-0.05, 0) is 30.0 Å². The van der Waals surface area contributed by atoms with Gasteiger partial charge in [-0.2, -0.15) is 13.2 Å². The van der Waals surface area contributed by atoms with Crippen LogP contribution in [-0.4, -0.2) is 33.4 Å². The van der Waals surface area contributed by atoms with Crippen LogP contribution in [0.15, 0.2) is 12.1 Å². The monoisotopic (exact) mass is 369 g/mol. The van der Waals surface area contributed by atoms with E-state index in [-0.39, 0.29) is 18.8 Å². The zero-order valence-corrected chi connectivity index (χ0v) is 15.8. The lowest BCUT2D eigenvalue weighted by Crippen LogP contribution is -2.39. The number of aryl methyl sites for hydroxylation is 1. The molecule has 1 aromatic carbocycles. The third-order valence-electron chi connectivity index (χ3n) is 3.84. The van der Waals surface area contributed by atoms with Crippen LogP contribution >= 0.6 is 0 Å². The molecule has 0 bridgehead atoms. The third-order valence-corrected chi connectivity index (χ3v) is 4.72. The average Bonchev–Trinajstić information content (AvgIpc) is 2.50. The van der Waals surface area contributed by atoms with Gasteiger partial charge in [0.15, 0.2) is 0 Å². The largest absolute Gasteiger partial charge is 0.469 e. The lowest BCUT2D eigenvalue weighted by atomic mass is 9.92. The van der Waals surface area contributed by atoms with Crippen LogP contribution in [-0.2, 0) is 22.4 Å². The van der Waals surface area contributed by atoms with Gasteiger partial charge in [0.05, 0.1) is 19.2 Å². The summed E-state index contributed by atoms with van der Waals surface area (Å²) in [5, 5.41) is 2.61. The van der Waals surface area contributed by atoms with Crippen molar-refractivity contribution in [3.63, 3.8) is 0 Å². The molecule has 1 aliphatic rings. The summed E-state index contributed by atoms with van der Waals surface area (Å²) in [6.07, 6.45) is -3.96. The fraction of sp³-hybridized carbons (Fsp3) is 0.500. The Morgan fingerprint density at radius 1 is 1.36 bits per heavy atom. The van der Waals surface area contributed by atoms with Gasteiger partial charge >= 0.3 is 12.1 Å². The zero-order chi connectivity index (χ0) is 18.8. The summed E-state index contributed by atoms with van der Waals surface area (Å²) >= 11 is 0. The first-order chi connectivity index (χ1) is 11.5. The molecule has 0 saturated heterocycles. The van der Waals surface area contributed by atoms with Crippen LogP contribution in [0, 0.1) is 11.5 Å². The molecular formula is C18H22F3NO2Si. The summed E-state index contributed by atoms with van der Waals surface area (Å²) in [5.74, 6) is 2.66. The van der Waals surface area contributed by atoms with Crippen molar-refractivity contribution in [1.82, 2.24) is 0 Å². The van der Waals surface area contributed by atoms with Crippen molar-refractivity contribution in [2.45, 2.75) is 51.1 Å². The number of methoxy groups -OCH3 is 1. The minimum absolute atomic E-state index is 0.0287. The molecule has 0 aliphatic carbocycles. The Bertz CT molecular complexity index is 727. The van der Waals surface area contributed by atoms with Gasteiger partial charge in [0.1, 0.15) is 14.1 Å². The molecule has 1 heterocycles. The van der Waals surface area contributed by atoms with Crippen molar-refractivity contribution in [1.29, 1.82) is 0 Å². The zero-order valence-electron chi connectivity index (χ0n) is 14.8. The second-order valence-corrected chi connectivity index (χ2v) is 12.0. The van der Waals surface area contributed by atoms with Crippen LogP contribution in [0.3, 0.4) is 0 Å². The maximum atomic E-state index is 13.1. The predicted molar refractivity (Wildman–Crippen MR) is 94.2 cm³/mol. The number of alkyl halides is 3. The minimum atomic E-state index is -4.30. The van der Waals surface area contributed by atoms with Crippen LogP contribution in [0.5, 0.6) is 0 Å². The van der Waals surface area contributed by atoms with E-state index in [4.69, 9.17) is 0 Å². The molecule has 1 aliphatic heterocycles. The summed E-state index contributed by atoms with van der Waals surface area (Å²) in [5.41, 5.74) is 5.62. The second kappa shape index (κ2) is 7.12. The van der Waals surface area contributed by atoms with E-state index in [1.54, 1.807) is 12.1 Å². The van der Waals surface area contributed by atoms with Crippen molar-refractivity contribution in [3.8, 4) is 11.5 Å². The first-order valence-electron chi connectivity index (χ1n) is 8.08. The van der Waals surface area contributed by atoms with Gasteiger partial charge in [0.25, 0.3) is 0 Å². The van der Waals surface area contributed by atoms with Crippen LogP contribution in [0.4, 0.5) is 18.9 Å². The normalized spacial score (nSPS) is 17.0. The Labute approximate surface area is 147 Å². The van der Waals surface area contributed by atoms with Gasteiger partial charge in [0, 0.05) is 5.56 Å². The number of ether oxygens (including phenoxy) is 1. The Kier molecular flexibility index (Phi) is 5.52. The Morgan fingerprint density at radius 3 is 2.60 bits per heavy atom. The van der Waals surface area contributed by atoms with E-state index >= 15 is 0 Å². The summed E-state index contributed by atoms with van der Waals surface area (Å²) in [6.45, 7) is 6.20. The Hall–Kier alpha value is -1.94. The van der Waals surface area contributed by atoms with Crippen LogP contribution < -0.4 is 5.32 Å². The molecule has 7 heteroatoms. The Morgan fingerprint density at radius 2 is 2.04 bits per heavy atom. The summed E-state index contributed by atoms with van der Waals surface area (Å²) in [7, 11) is -0.390. The van der Waals surface area contributed by atoms with E-state index in [1.165, 1.54) is 7.11 Å². The molecule has 1 atom stereocenters. The highest BCUT2D eigenvalue weighted by Crippen LogP contribution is 2.35. The third kappa shape index (κ3) is 5.26. The number of hydrogen-bond donors (Lipinski definition) is 1. The first-order valence-corrected chi connectivity index (χ1v) is 11.6. The van der Waals surface area contributed by atoms with Crippen LogP contribution in [0.1, 0.15) is 23.1 Å². The number of carbonyl (C=O) groups is 1. The van der Waals surface area contributed by atoms with E-state index < -0.39 is 20.3 Å². The minimum Gasteiger partial charge on any atom is -0.469 e. The van der Waals surface area contributed by atoms with Crippen LogP contribution in [0.25, 0.3) is 0 Å². The number of esters is 1. The maximum absolute atomic E-state index is 13.1. The van der Waals surface area contributed by atoms with Gasteiger partial charge in [-0.1, -0.05) is 31.6 Å². The van der Waals surface area contributed by atoms with Crippen molar-refractivity contribution in [3.05, 3.63) is 28.8 Å². The SMILES string of the molecule is COC(=O)Cc1cc(C#C[Si](C)(C)C)c2c(c1)CCC(C(F)(F)F)N2. The highest BCUT2D eigenvalue weighted by molar-refractivity contribution is 6.83. The number of benzene rings is 1. The fourth-order valence-electron chi connectivity index (χ4n) is 2.62. The standard InChI is InChI=1S/C18H22F3NO2Si/c1-24-16(23)11-12-9-13-5-6-15(18(19,20)21)22-17(13)14(10-12)7-8-25(2,3)4/h9-10,15,22H,5-6,11H2,1-4H3. The van der Waals surface area contributed by atoms with Crippen LogP contribution in [0.2, 0.25) is 19.6 Å². The molecule has 2 rings (SSSR count). The molecule has 0 fully saturated rings. The van der Waals surface area contributed by atoms with Gasteiger partial charge < -0.3 is 10.1 Å². The lowest BCUT2D eigenvalue weighted by molar-refractivity contribution is -0.144. The van der Waals surface area contributed by atoms with E-state index in [1.807, 2.05) is 0 Å². The highest BCUT2D eigenvalue weighted by atomic mass is 28.3. The molecular weight excluding hydrogens is 347 g/mol. The quantitative estimate of drug-likeness (QED) is 0.488. The topological polar surface area (TPSA) is 38.3 Å². The lowest BCUT2D eigenvalue weighted by Gasteiger charge is -2.30. The van der Waals surface area contributed by atoms with Crippen molar-refractivity contribution < 1.29 is 22.7 Å². The van der Waals surface area contributed by atoms with Crippen molar-refractivity contribution >= 4 is 19.7 Å². The molecule has 3 nitrogen and oxygen atoms in total.